The summed E-state index contributed by atoms with van der Waals surface area (Å²) < 4.78 is 88.2. The van der Waals surface area contributed by atoms with Crippen LogP contribution in [0.15, 0.2) is 36.4 Å². The van der Waals surface area contributed by atoms with Crippen LogP contribution in [0.1, 0.15) is 8.22 Å². The third kappa shape index (κ3) is 3.88. The number of aromatic nitrogens is 2. The van der Waals surface area contributed by atoms with E-state index in [1.807, 2.05) is 0 Å². The molecule has 3 aromatic rings. The average molecular weight is 460 g/mol. The van der Waals surface area contributed by atoms with E-state index in [9.17, 15) is 4.79 Å². The molecule has 2 aromatic carbocycles. The number of para-hydroxylation sites is 2. The number of fused-ring (bicyclic) bond motifs is 2. The molecule has 33 heavy (non-hydrogen) atoms. The lowest BCUT2D eigenvalue weighted by molar-refractivity contribution is -0.141. The predicted octanol–water partition coefficient (Wildman–Crippen LogP) is 1.72. The lowest BCUT2D eigenvalue weighted by Gasteiger charge is -2.37. The summed E-state index contributed by atoms with van der Waals surface area (Å²) in [6.45, 7) is -9.41. The van der Waals surface area contributed by atoms with E-state index in [1.165, 1.54) is 38.5 Å². The van der Waals surface area contributed by atoms with Gasteiger partial charge in [0.25, 0.3) is 5.91 Å². The minimum Gasteiger partial charge on any atom is -0.493 e. The first-order valence-electron chi connectivity index (χ1n) is 13.8. The van der Waals surface area contributed by atoms with E-state index in [0.717, 1.165) is 4.90 Å². The van der Waals surface area contributed by atoms with Crippen LogP contribution in [0, 0.1) is 0 Å². The van der Waals surface area contributed by atoms with E-state index < -0.39 is 44.7 Å². The van der Waals surface area contributed by atoms with Crippen molar-refractivity contribution in [1.82, 2.24) is 14.9 Å². The Labute approximate surface area is 202 Å². The van der Waals surface area contributed by atoms with Gasteiger partial charge < -0.3 is 34.5 Å². The van der Waals surface area contributed by atoms with Crippen molar-refractivity contribution in [2.45, 2.75) is 6.10 Å². The Kier molecular flexibility index (Phi) is 3.51. The van der Waals surface area contributed by atoms with Crippen molar-refractivity contribution in [2.24, 2.45) is 0 Å². The lowest BCUT2D eigenvalue weighted by Crippen LogP contribution is -2.54. The molecule has 1 atom stereocenters. The van der Waals surface area contributed by atoms with Gasteiger partial charge >= 0.3 is 0 Å². The Hall–Kier alpha value is -3.95. The van der Waals surface area contributed by atoms with Crippen LogP contribution in [0.2, 0.25) is 2.82 Å². The van der Waals surface area contributed by atoms with Crippen molar-refractivity contribution in [3.05, 3.63) is 36.4 Å². The number of nitrogen functional groups attached to an aromatic ring is 1. The van der Waals surface area contributed by atoms with E-state index in [-0.39, 0.29) is 39.9 Å². The number of carbonyl (C=O) groups excluding carboxylic acids is 1. The van der Waals surface area contributed by atoms with Crippen molar-refractivity contribution in [2.75, 3.05) is 57.5 Å². The van der Waals surface area contributed by atoms with Gasteiger partial charge in [-0.05, 0) is 18.2 Å². The van der Waals surface area contributed by atoms with Gasteiger partial charge in [0.2, 0.25) is 12.1 Å². The van der Waals surface area contributed by atoms with Gasteiger partial charge in [0.15, 0.2) is 25.8 Å². The number of benzene rings is 2. The summed E-state index contributed by atoms with van der Waals surface area (Å²) >= 11 is 0. The van der Waals surface area contributed by atoms with Gasteiger partial charge in [0.05, 0.1) is 28.0 Å². The zero-order chi connectivity index (χ0) is 29.9. The zero-order valence-electron chi connectivity index (χ0n) is 25.7. The second-order valence-electron chi connectivity index (χ2n) is 7.08. The van der Waals surface area contributed by atoms with Crippen LogP contribution >= 0.6 is 0 Å². The van der Waals surface area contributed by atoms with Gasteiger partial charge in [-0.2, -0.15) is 4.98 Å². The Morgan fingerprint density at radius 1 is 1.15 bits per heavy atom. The summed E-state index contributed by atoms with van der Waals surface area (Å²) in [5.41, 5.74) is 0.453. The Bertz CT molecular complexity index is 1490. The van der Waals surface area contributed by atoms with E-state index in [1.54, 1.807) is 12.1 Å². The Balaban J connectivity index is 1.51. The van der Waals surface area contributed by atoms with Crippen LogP contribution < -0.4 is 29.6 Å². The zero-order valence-corrected chi connectivity index (χ0v) is 17.7. The molecule has 0 bridgehead atoms. The molecule has 172 valence electrons. The lowest BCUT2D eigenvalue weighted by atomic mass is 10.2. The molecule has 1 aromatic heterocycles. The molecule has 2 aliphatic rings. The van der Waals surface area contributed by atoms with E-state index in [2.05, 4.69) is 9.97 Å². The summed E-state index contributed by atoms with van der Waals surface area (Å²) in [5.74, 6) is -0.983. The highest BCUT2D eigenvalue weighted by atomic mass is 16.6. The second kappa shape index (κ2) is 8.53. The number of anilines is 2. The van der Waals surface area contributed by atoms with Crippen LogP contribution in [-0.4, -0.2) is 73.7 Å². The van der Waals surface area contributed by atoms with E-state index in [0.29, 0.717) is 16.4 Å². The first-order valence-corrected chi connectivity index (χ1v) is 9.94. The normalized spacial score (nSPS) is 25.7. The molecule has 1 fully saturated rings. The summed E-state index contributed by atoms with van der Waals surface area (Å²) in [5, 5.41) is 0.258. The predicted molar refractivity (Wildman–Crippen MR) is 122 cm³/mol. The molecule has 1 saturated heterocycles. The van der Waals surface area contributed by atoms with Gasteiger partial charge in [0, 0.05) is 37.5 Å². The average Bonchev–Trinajstić information content (AvgIpc) is 2.88. The molecule has 2 aliphatic heterocycles. The number of ether oxygens (including phenoxy) is 4. The fourth-order valence-electron chi connectivity index (χ4n) is 3.41. The summed E-state index contributed by atoms with van der Waals surface area (Å²) in [6, 6.07) is 9.04. The summed E-state index contributed by atoms with van der Waals surface area (Å²) in [6.07, 6.45) is -2.00. The topological polar surface area (TPSA) is 112 Å². The first kappa shape index (κ1) is 13.6. The van der Waals surface area contributed by atoms with Gasteiger partial charge in [-0.15, -0.1) is 0 Å². The van der Waals surface area contributed by atoms with E-state index in [4.69, 9.17) is 30.0 Å². The van der Waals surface area contributed by atoms with Crippen molar-refractivity contribution in [3.63, 3.8) is 0 Å². The number of piperazine rings is 1. The van der Waals surface area contributed by atoms with E-state index >= 15 is 0 Å². The first-order chi connectivity index (χ1) is 19.2. The maximum atomic E-state index is 13.6. The summed E-state index contributed by atoms with van der Waals surface area (Å²) in [4.78, 5) is 23.7. The number of rotatable bonds is 5. The van der Waals surface area contributed by atoms with Crippen molar-refractivity contribution >= 4 is 28.6 Å². The number of amides is 1. The molecule has 0 saturated carbocycles. The molecular formula is C23H25N5O5. The van der Waals surface area contributed by atoms with Crippen molar-refractivity contribution in [3.8, 4) is 23.0 Å². The van der Waals surface area contributed by atoms with Crippen LogP contribution in [0.4, 0.5) is 11.8 Å². The molecule has 1 unspecified atom stereocenters. The van der Waals surface area contributed by atoms with Gasteiger partial charge in [-0.1, -0.05) is 12.1 Å². The smallest absolute Gasteiger partial charge is 0.267 e. The molecule has 10 heteroatoms. The maximum Gasteiger partial charge on any atom is 0.267 e. The number of hydrogen-bond donors (Lipinski definition) is 1. The van der Waals surface area contributed by atoms with Gasteiger partial charge in [-0.25, -0.2) is 4.98 Å². The minimum absolute atomic E-state index is 0.0497. The molecule has 1 amide bonds. The highest BCUT2D eigenvalue weighted by Gasteiger charge is 2.33. The fraction of sp³-hybridized carbons (Fsp3) is 0.348. The van der Waals surface area contributed by atoms with Gasteiger partial charge in [0.1, 0.15) is 12.4 Å². The van der Waals surface area contributed by atoms with Crippen LogP contribution in [0.5, 0.6) is 23.0 Å². The van der Waals surface area contributed by atoms with Crippen molar-refractivity contribution < 1.29 is 34.8 Å². The number of methoxy groups -OCH3 is 2. The molecule has 0 aliphatic carbocycles. The van der Waals surface area contributed by atoms with Crippen molar-refractivity contribution in [1.29, 1.82) is 0 Å². The molecule has 3 heterocycles. The maximum absolute atomic E-state index is 13.6. The molecule has 5 rings (SSSR count). The van der Waals surface area contributed by atoms with Crippen LogP contribution in [0.3, 0.4) is 0 Å². The highest BCUT2D eigenvalue weighted by Crippen LogP contribution is 2.34. The molecular weight excluding hydrogens is 426 g/mol. The number of nitrogens with two attached hydrogens (primary N) is 1. The Morgan fingerprint density at radius 3 is 2.61 bits per heavy atom. The standard InChI is InChI=1S/C23H25N5O5/c1-30-18-11-14-15(12-19(18)31-2)25-23(26-21(14)24)28-9-7-27(8-10-28)22(29)20-13-32-16-5-3-4-6-17(16)33-20/h3-6,11-12,20H,7-10,13H2,1-2H3,(H2,24,25,26)/i7D2,8D2,13D2/hD2. The Morgan fingerprint density at radius 2 is 1.88 bits per heavy atom. The molecule has 0 radical (unpaired) electrons. The largest absolute Gasteiger partial charge is 0.493 e. The molecule has 10 nitrogen and oxygen atoms in total. The third-order valence-electron chi connectivity index (χ3n) is 5.11. The number of nitrogens with zero attached hydrogens (tertiary/aromatic N) is 4. The van der Waals surface area contributed by atoms with Gasteiger partial charge in [-0.3, -0.25) is 4.79 Å². The summed E-state index contributed by atoms with van der Waals surface area (Å²) in [7, 11) is 2.83. The monoisotopic (exact) mass is 459 g/mol. The number of hydrogen-bond acceptors (Lipinski definition) is 9. The van der Waals surface area contributed by atoms with Crippen LogP contribution in [0.25, 0.3) is 10.9 Å². The third-order valence-corrected chi connectivity index (χ3v) is 5.11. The van der Waals surface area contributed by atoms with Crippen LogP contribution in [-0.2, 0) is 4.79 Å². The molecule has 2 N–H and O–H groups in total. The number of carbonyl (C=O) groups is 1. The fourth-order valence-corrected chi connectivity index (χ4v) is 3.41. The second-order valence-corrected chi connectivity index (χ2v) is 7.08. The minimum atomic E-state index is -2.73. The highest BCUT2D eigenvalue weighted by molar-refractivity contribution is 5.91. The SMILES string of the molecule is [2H]N([2H])c1nc(N2CC([2H])([2H])N(C(=O)C3Oc4ccccc4OC3([2H])[2H])C([2H])([2H])C2)nc2cc(OC)c(OC)cc12. The molecule has 0 spiro atoms. The quantitative estimate of drug-likeness (QED) is 0.609.